The van der Waals surface area contributed by atoms with Crippen molar-refractivity contribution in [2.45, 2.75) is 19.8 Å². The molecule has 0 heterocycles. The van der Waals surface area contributed by atoms with Gasteiger partial charge in [-0.3, -0.25) is 9.59 Å². The third kappa shape index (κ3) is 7.70. The van der Waals surface area contributed by atoms with Crippen LogP contribution < -0.4 is 0 Å². The van der Waals surface area contributed by atoms with Crippen LogP contribution in [-0.4, -0.2) is 61.9 Å². The molecule has 100 valence electrons. The van der Waals surface area contributed by atoms with Gasteiger partial charge in [0, 0.05) is 26.6 Å². The predicted octanol–water partition coefficient (Wildman–Crippen LogP) is -0.203. The van der Waals surface area contributed by atoms with E-state index in [-0.39, 0.29) is 37.9 Å². The highest BCUT2D eigenvalue weighted by molar-refractivity contribution is 5.81. The average Bonchev–Trinajstić information content (AvgIpc) is 2.32. The number of rotatable bonds is 9. The summed E-state index contributed by atoms with van der Waals surface area (Å²) in [5, 5.41) is 8.82. The SMILES string of the molecule is CCOC(=O)CCC(=O)N(CCO)CCOC. The summed E-state index contributed by atoms with van der Waals surface area (Å²) < 4.78 is 9.60. The number of carbonyl (C=O) groups excluding carboxylic acids is 2. The maximum atomic E-state index is 11.7. The van der Waals surface area contributed by atoms with Crippen LogP contribution in [0.3, 0.4) is 0 Å². The van der Waals surface area contributed by atoms with Crippen LogP contribution in [0.1, 0.15) is 19.8 Å². The molecule has 6 heteroatoms. The molecule has 0 aliphatic carbocycles. The fourth-order valence-electron chi connectivity index (χ4n) is 1.28. The van der Waals surface area contributed by atoms with Crippen LogP contribution in [0.25, 0.3) is 0 Å². The van der Waals surface area contributed by atoms with Crippen LogP contribution in [0.4, 0.5) is 0 Å². The summed E-state index contributed by atoms with van der Waals surface area (Å²) in [6.45, 7) is 3.01. The zero-order chi connectivity index (χ0) is 13.1. The molecule has 0 aliphatic rings. The summed E-state index contributed by atoms with van der Waals surface area (Å²) in [5.74, 6) is -0.555. The fourth-order valence-corrected chi connectivity index (χ4v) is 1.28. The number of hydrogen-bond donors (Lipinski definition) is 1. The second-order valence-electron chi connectivity index (χ2n) is 3.40. The monoisotopic (exact) mass is 247 g/mol. The Morgan fingerprint density at radius 3 is 2.47 bits per heavy atom. The smallest absolute Gasteiger partial charge is 0.306 e. The van der Waals surface area contributed by atoms with E-state index in [2.05, 4.69) is 0 Å². The van der Waals surface area contributed by atoms with Crippen LogP contribution >= 0.6 is 0 Å². The summed E-state index contributed by atoms with van der Waals surface area (Å²) in [4.78, 5) is 24.2. The first-order valence-corrected chi connectivity index (χ1v) is 5.68. The Kier molecular flexibility index (Phi) is 9.37. The van der Waals surface area contributed by atoms with E-state index in [1.54, 1.807) is 14.0 Å². The predicted molar refractivity (Wildman–Crippen MR) is 61.4 cm³/mol. The van der Waals surface area contributed by atoms with Crippen molar-refractivity contribution in [1.82, 2.24) is 4.90 Å². The summed E-state index contributed by atoms with van der Waals surface area (Å²) in [5.41, 5.74) is 0. The largest absolute Gasteiger partial charge is 0.466 e. The Bertz CT molecular complexity index is 232. The van der Waals surface area contributed by atoms with Crippen molar-refractivity contribution in [3.8, 4) is 0 Å². The molecule has 6 nitrogen and oxygen atoms in total. The second kappa shape index (κ2) is 10.0. The van der Waals surface area contributed by atoms with Gasteiger partial charge in [-0.2, -0.15) is 0 Å². The van der Waals surface area contributed by atoms with Crippen molar-refractivity contribution in [3.63, 3.8) is 0 Å². The van der Waals surface area contributed by atoms with E-state index in [4.69, 9.17) is 14.6 Å². The number of amides is 1. The van der Waals surface area contributed by atoms with Gasteiger partial charge >= 0.3 is 5.97 Å². The molecule has 1 N–H and O–H groups in total. The Morgan fingerprint density at radius 1 is 1.24 bits per heavy atom. The molecular formula is C11H21NO5. The van der Waals surface area contributed by atoms with E-state index in [1.165, 1.54) is 4.90 Å². The lowest BCUT2D eigenvalue weighted by atomic mass is 10.2. The molecule has 0 aromatic heterocycles. The molecule has 0 unspecified atom stereocenters. The fraction of sp³-hybridized carbons (Fsp3) is 0.818. The van der Waals surface area contributed by atoms with E-state index < -0.39 is 0 Å². The normalized spacial score (nSPS) is 10.1. The van der Waals surface area contributed by atoms with Gasteiger partial charge in [0.1, 0.15) is 0 Å². The zero-order valence-electron chi connectivity index (χ0n) is 10.5. The van der Waals surface area contributed by atoms with Crippen molar-refractivity contribution in [1.29, 1.82) is 0 Å². The van der Waals surface area contributed by atoms with Gasteiger partial charge in [0.15, 0.2) is 0 Å². The molecule has 0 fully saturated rings. The Balaban J connectivity index is 3.99. The van der Waals surface area contributed by atoms with Gasteiger partial charge in [-0.1, -0.05) is 0 Å². The first-order valence-electron chi connectivity index (χ1n) is 5.68. The molecule has 0 aromatic rings. The molecule has 0 saturated heterocycles. The van der Waals surface area contributed by atoms with E-state index in [0.717, 1.165) is 0 Å². The van der Waals surface area contributed by atoms with Gasteiger partial charge in [0.05, 0.1) is 26.2 Å². The van der Waals surface area contributed by atoms with Crippen LogP contribution in [0.15, 0.2) is 0 Å². The Hall–Kier alpha value is -1.14. The van der Waals surface area contributed by atoms with Crippen molar-refractivity contribution >= 4 is 11.9 Å². The van der Waals surface area contributed by atoms with Gasteiger partial charge in [-0.15, -0.1) is 0 Å². The number of methoxy groups -OCH3 is 1. The molecule has 0 saturated carbocycles. The highest BCUT2D eigenvalue weighted by Crippen LogP contribution is 2.00. The molecule has 0 bridgehead atoms. The highest BCUT2D eigenvalue weighted by atomic mass is 16.5. The second-order valence-corrected chi connectivity index (χ2v) is 3.40. The molecule has 0 radical (unpaired) electrons. The third-order valence-electron chi connectivity index (χ3n) is 2.14. The minimum Gasteiger partial charge on any atom is -0.466 e. The highest BCUT2D eigenvalue weighted by Gasteiger charge is 2.14. The van der Waals surface area contributed by atoms with Crippen LogP contribution in [0, 0.1) is 0 Å². The molecule has 0 atom stereocenters. The van der Waals surface area contributed by atoms with Crippen LogP contribution in [-0.2, 0) is 19.1 Å². The zero-order valence-corrected chi connectivity index (χ0v) is 10.5. The maximum absolute atomic E-state index is 11.7. The summed E-state index contributed by atoms with van der Waals surface area (Å²) >= 11 is 0. The molecular weight excluding hydrogens is 226 g/mol. The quantitative estimate of drug-likeness (QED) is 0.571. The van der Waals surface area contributed by atoms with E-state index >= 15 is 0 Å². The van der Waals surface area contributed by atoms with Crippen molar-refractivity contribution < 1.29 is 24.2 Å². The standard InChI is InChI=1S/C11H21NO5/c1-3-17-11(15)5-4-10(14)12(6-8-13)7-9-16-2/h13H,3-9H2,1-2H3. The molecule has 0 aliphatic heterocycles. The molecule has 0 aromatic carbocycles. The maximum Gasteiger partial charge on any atom is 0.306 e. The first-order chi connectivity index (χ1) is 8.15. The number of hydrogen-bond acceptors (Lipinski definition) is 5. The number of aliphatic hydroxyl groups is 1. The molecule has 0 spiro atoms. The third-order valence-corrected chi connectivity index (χ3v) is 2.14. The minimum atomic E-state index is -0.378. The molecule has 1 amide bonds. The number of aliphatic hydroxyl groups excluding tert-OH is 1. The number of esters is 1. The van der Waals surface area contributed by atoms with Crippen molar-refractivity contribution in [2.75, 3.05) is 40.0 Å². The summed E-state index contributed by atoms with van der Waals surface area (Å²) in [6, 6.07) is 0. The molecule has 0 rings (SSSR count). The van der Waals surface area contributed by atoms with Gasteiger partial charge in [-0.05, 0) is 6.92 Å². The molecule has 17 heavy (non-hydrogen) atoms. The number of ether oxygens (including phenoxy) is 2. The topological polar surface area (TPSA) is 76.1 Å². The van der Waals surface area contributed by atoms with Crippen LogP contribution in [0.5, 0.6) is 0 Å². The Labute approximate surface area is 101 Å². The number of carbonyl (C=O) groups is 2. The Morgan fingerprint density at radius 2 is 1.94 bits per heavy atom. The van der Waals surface area contributed by atoms with E-state index in [9.17, 15) is 9.59 Å². The lowest BCUT2D eigenvalue weighted by Gasteiger charge is -2.21. The van der Waals surface area contributed by atoms with Gasteiger partial charge in [0.2, 0.25) is 5.91 Å². The van der Waals surface area contributed by atoms with E-state index in [0.29, 0.717) is 19.8 Å². The lowest BCUT2D eigenvalue weighted by molar-refractivity contribution is -0.145. The van der Waals surface area contributed by atoms with Gasteiger partial charge < -0.3 is 19.5 Å². The van der Waals surface area contributed by atoms with E-state index in [1.807, 2.05) is 0 Å². The summed E-state index contributed by atoms with van der Waals surface area (Å²) in [7, 11) is 1.54. The van der Waals surface area contributed by atoms with Gasteiger partial charge in [-0.25, -0.2) is 0 Å². The minimum absolute atomic E-state index is 0.0710. The first kappa shape index (κ1) is 15.9. The van der Waals surface area contributed by atoms with Crippen molar-refractivity contribution in [2.24, 2.45) is 0 Å². The average molecular weight is 247 g/mol. The lowest BCUT2D eigenvalue weighted by Crippen LogP contribution is -2.36. The van der Waals surface area contributed by atoms with Crippen molar-refractivity contribution in [3.05, 3.63) is 0 Å². The van der Waals surface area contributed by atoms with Gasteiger partial charge in [0.25, 0.3) is 0 Å². The summed E-state index contributed by atoms with van der Waals surface area (Å²) in [6.07, 6.45) is 0.171. The number of nitrogens with zero attached hydrogens (tertiary/aromatic N) is 1. The van der Waals surface area contributed by atoms with Crippen LogP contribution in [0.2, 0.25) is 0 Å².